The quantitative estimate of drug-likeness (QED) is 0.647. The van der Waals surface area contributed by atoms with Crippen molar-refractivity contribution in [1.82, 2.24) is 4.90 Å². The van der Waals surface area contributed by atoms with Gasteiger partial charge in [-0.15, -0.1) is 0 Å². The molecule has 0 aromatic heterocycles. The van der Waals surface area contributed by atoms with E-state index >= 15 is 0 Å². The Labute approximate surface area is 110 Å². The van der Waals surface area contributed by atoms with Gasteiger partial charge in [-0.05, 0) is 6.07 Å². The summed E-state index contributed by atoms with van der Waals surface area (Å²) in [5.41, 5.74) is 0.189. The Kier molecular flexibility index (Phi) is 4.64. The molecule has 6 nitrogen and oxygen atoms in total. The van der Waals surface area contributed by atoms with E-state index in [1.165, 1.54) is 12.1 Å². The fraction of sp³-hybridized carbons (Fsp3) is 0.500. The Morgan fingerprint density at radius 1 is 1.37 bits per heavy atom. The predicted octanol–water partition coefficient (Wildman–Crippen LogP) is 1.48. The number of hydrogen-bond acceptors (Lipinski definition) is 5. The molecule has 7 heteroatoms. The van der Waals surface area contributed by atoms with Crippen molar-refractivity contribution in [1.29, 1.82) is 0 Å². The van der Waals surface area contributed by atoms with Gasteiger partial charge in [0.15, 0.2) is 0 Å². The van der Waals surface area contributed by atoms with Crippen LogP contribution in [0.4, 0.5) is 15.8 Å². The zero-order valence-corrected chi connectivity index (χ0v) is 10.5. The molecule has 0 spiro atoms. The Morgan fingerprint density at radius 2 is 2.11 bits per heavy atom. The van der Waals surface area contributed by atoms with Gasteiger partial charge in [0, 0.05) is 37.9 Å². The molecule has 104 valence electrons. The highest BCUT2D eigenvalue weighted by molar-refractivity contribution is 5.51. The minimum absolute atomic E-state index is 0.242. The topological polar surface area (TPSA) is 67.6 Å². The first-order valence-electron chi connectivity index (χ1n) is 6.14. The van der Waals surface area contributed by atoms with Gasteiger partial charge in [0.2, 0.25) is 0 Å². The van der Waals surface area contributed by atoms with Crippen molar-refractivity contribution in [3.8, 4) is 0 Å². The van der Waals surface area contributed by atoms with Crippen molar-refractivity contribution in [2.75, 3.05) is 44.7 Å². The lowest BCUT2D eigenvalue weighted by Gasteiger charge is -2.26. The molecule has 1 N–H and O–H groups in total. The Balaban J connectivity index is 1.86. The highest BCUT2D eigenvalue weighted by atomic mass is 19.1. The van der Waals surface area contributed by atoms with Crippen LogP contribution in [0, 0.1) is 15.9 Å². The number of non-ortho nitro benzene ring substituents is 1. The first kappa shape index (κ1) is 13.7. The second kappa shape index (κ2) is 6.44. The molecule has 2 rings (SSSR count). The van der Waals surface area contributed by atoms with E-state index in [0.717, 1.165) is 38.9 Å². The SMILES string of the molecule is O=[N+]([O-])c1cc(F)cc(NCCN2CCOCC2)c1. The molecule has 0 saturated carbocycles. The lowest BCUT2D eigenvalue weighted by molar-refractivity contribution is -0.385. The van der Waals surface area contributed by atoms with Gasteiger partial charge in [0.1, 0.15) is 5.82 Å². The monoisotopic (exact) mass is 269 g/mol. The average molecular weight is 269 g/mol. The molecular weight excluding hydrogens is 253 g/mol. The standard InChI is InChI=1S/C12H16FN3O3/c13-10-7-11(9-12(8-10)16(17)18)14-1-2-15-3-5-19-6-4-15/h7-9,14H,1-6H2. The van der Waals surface area contributed by atoms with Crippen LogP contribution in [0.1, 0.15) is 0 Å². The smallest absolute Gasteiger partial charge is 0.274 e. The number of anilines is 1. The number of halogens is 1. The lowest BCUT2D eigenvalue weighted by atomic mass is 10.2. The molecule has 1 fully saturated rings. The van der Waals surface area contributed by atoms with Gasteiger partial charge in [-0.2, -0.15) is 0 Å². The van der Waals surface area contributed by atoms with Crippen LogP contribution in [0.25, 0.3) is 0 Å². The summed E-state index contributed by atoms with van der Waals surface area (Å²) in [5, 5.41) is 13.6. The summed E-state index contributed by atoms with van der Waals surface area (Å²) >= 11 is 0. The largest absolute Gasteiger partial charge is 0.383 e. The number of nitrogens with one attached hydrogen (secondary N) is 1. The zero-order chi connectivity index (χ0) is 13.7. The molecule has 0 amide bonds. The summed E-state index contributed by atoms with van der Waals surface area (Å²) < 4.78 is 18.4. The summed E-state index contributed by atoms with van der Waals surface area (Å²) in [7, 11) is 0. The molecule has 1 aromatic carbocycles. The number of morpholine rings is 1. The average Bonchev–Trinajstić information content (AvgIpc) is 2.39. The molecule has 1 aliphatic heterocycles. The van der Waals surface area contributed by atoms with Gasteiger partial charge in [-0.1, -0.05) is 0 Å². The van der Waals surface area contributed by atoms with E-state index in [2.05, 4.69) is 10.2 Å². The minimum Gasteiger partial charge on any atom is -0.383 e. The van der Waals surface area contributed by atoms with Crippen LogP contribution in [0.2, 0.25) is 0 Å². The molecule has 0 aliphatic carbocycles. The van der Waals surface area contributed by atoms with Crippen LogP contribution in [0.5, 0.6) is 0 Å². The summed E-state index contributed by atoms with van der Waals surface area (Å²) in [5.74, 6) is -0.608. The van der Waals surface area contributed by atoms with Crippen molar-refractivity contribution in [3.05, 3.63) is 34.1 Å². The summed E-state index contributed by atoms with van der Waals surface area (Å²) in [6.07, 6.45) is 0. The van der Waals surface area contributed by atoms with Crippen LogP contribution in [0.3, 0.4) is 0 Å². The van der Waals surface area contributed by atoms with E-state index in [9.17, 15) is 14.5 Å². The van der Waals surface area contributed by atoms with Gasteiger partial charge < -0.3 is 10.1 Å². The fourth-order valence-electron chi connectivity index (χ4n) is 1.96. The second-order valence-corrected chi connectivity index (χ2v) is 4.34. The first-order valence-corrected chi connectivity index (χ1v) is 6.14. The fourth-order valence-corrected chi connectivity index (χ4v) is 1.96. The summed E-state index contributed by atoms with van der Waals surface area (Å²) in [4.78, 5) is 12.2. The zero-order valence-electron chi connectivity index (χ0n) is 10.5. The third-order valence-corrected chi connectivity index (χ3v) is 2.95. The second-order valence-electron chi connectivity index (χ2n) is 4.34. The van der Waals surface area contributed by atoms with Crippen LogP contribution in [0.15, 0.2) is 18.2 Å². The molecule has 0 unspecified atom stereocenters. The molecule has 0 bridgehead atoms. The molecule has 0 atom stereocenters. The van der Waals surface area contributed by atoms with Crippen LogP contribution >= 0.6 is 0 Å². The number of benzene rings is 1. The van der Waals surface area contributed by atoms with Crippen LogP contribution < -0.4 is 5.32 Å². The van der Waals surface area contributed by atoms with E-state index in [4.69, 9.17) is 4.74 Å². The molecule has 19 heavy (non-hydrogen) atoms. The number of hydrogen-bond donors (Lipinski definition) is 1. The van der Waals surface area contributed by atoms with Crippen LogP contribution in [-0.2, 0) is 4.74 Å². The highest BCUT2D eigenvalue weighted by Crippen LogP contribution is 2.19. The van der Waals surface area contributed by atoms with Gasteiger partial charge >= 0.3 is 0 Å². The number of nitro benzene ring substituents is 1. The van der Waals surface area contributed by atoms with Gasteiger partial charge in [-0.25, -0.2) is 4.39 Å². The third kappa shape index (κ3) is 4.15. The summed E-state index contributed by atoms with van der Waals surface area (Å²) in [6, 6.07) is 3.50. The van der Waals surface area contributed by atoms with Crippen molar-refractivity contribution >= 4 is 11.4 Å². The molecule has 0 radical (unpaired) electrons. The van der Waals surface area contributed by atoms with E-state index in [-0.39, 0.29) is 5.69 Å². The minimum atomic E-state index is -0.608. The van der Waals surface area contributed by atoms with Crippen molar-refractivity contribution in [3.63, 3.8) is 0 Å². The molecule has 1 aliphatic rings. The molecular formula is C12H16FN3O3. The predicted molar refractivity (Wildman–Crippen MR) is 68.8 cm³/mol. The maximum Gasteiger partial charge on any atom is 0.274 e. The van der Waals surface area contributed by atoms with E-state index in [1.807, 2.05) is 0 Å². The van der Waals surface area contributed by atoms with Gasteiger partial charge in [0.25, 0.3) is 5.69 Å². The van der Waals surface area contributed by atoms with E-state index in [1.54, 1.807) is 0 Å². The number of nitrogens with zero attached hydrogens (tertiary/aromatic N) is 2. The van der Waals surface area contributed by atoms with Crippen molar-refractivity contribution in [2.24, 2.45) is 0 Å². The van der Waals surface area contributed by atoms with Crippen LogP contribution in [-0.4, -0.2) is 49.2 Å². The molecule has 1 aromatic rings. The van der Waals surface area contributed by atoms with Crippen molar-refractivity contribution in [2.45, 2.75) is 0 Å². The number of ether oxygens (including phenoxy) is 1. The normalized spacial score (nSPS) is 16.3. The Hall–Kier alpha value is -1.73. The van der Waals surface area contributed by atoms with Gasteiger partial charge in [0.05, 0.1) is 24.2 Å². The van der Waals surface area contributed by atoms with E-state index in [0.29, 0.717) is 12.2 Å². The summed E-state index contributed by atoms with van der Waals surface area (Å²) in [6.45, 7) is 4.63. The molecule has 1 heterocycles. The number of nitro groups is 1. The third-order valence-electron chi connectivity index (χ3n) is 2.95. The lowest BCUT2D eigenvalue weighted by Crippen LogP contribution is -2.39. The highest BCUT2D eigenvalue weighted by Gasteiger charge is 2.11. The maximum absolute atomic E-state index is 13.2. The number of rotatable bonds is 5. The van der Waals surface area contributed by atoms with Gasteiger partial charge in [-0.3, -0.25) is 15.0 Å². The first-order chi connectivity index (χ1) is 9.15. The maximum atomic E-state index is 13.2. The van der Waals surface area contributed by atoms with E-state index < -0.39 is 10.7 Å². The molecule has 1 saturated heterocycles. The van der Waals surface area contributed by atoms with Crippen molar-refractivity contribution < 1.29 is 14.1 Å². The Morgan fingerprint density at radius 3 is 2.79 bits per heavy atom. The Bertz CT molecular complexity index is 450.